The van der Waals surface area contributed by atoms with E-state index in [9.17, 15) is 0 Å². The lowest BCUT2D eigenvalue weighted by Gasteiger charge is -2.58. The average molecular weight is 406 g/mol. The van der Waals surface area contributed by atoms with E-state index in [1.54, 1.807) is 0 Å². The number of nitrogens with zero attached hydrogens (tertiary/aromatic N) is 2. The third kappa shape index (κ3) is 1.28. The lowest BCUT2D eigenvalue weighted by atomic mass is 9.78. The van der Waals surface area contributed by atoms with Gasteiger partial charge in [-0.05, 0) is 24.3 Å². The van der Waals surface area contributed by atoms with Crippen molar-refractivity contribution in [3.63, 3.8) is 0 Å². The van der Waals surface area contributed by atoms with Crippen LogP contribution in [0.3, 0.4) is 0 Å². The lowest BCUT2D eigenvalue weighted by molar-refractivity contribution is 0.346. The molecule has 0 unspecified atom stereocenters. The summed E-state index contributed by atoms with van der Waals surface area (Å²) >= 11 is 0. The number of rotatable bonds is 0. The first-order chi connectivity index (χ1) is 15.9. The molecule has 0 saturated heterocycles. The second-order valence-electron chi connectivity index (χ2n) is 9.21. The van der Waals surface area contributed by atoms with Crippen LogP contribution in [0.5, 0.6) is 0 Å². The van der Waals surface area contributed by atoms with Crippen LogP contribution in [0, 0.1) is 0 Å². The van der Waals surface area contributed by atoms with Gasteiger partial charge < -0.3 is 0 Å². The Kier molecular flexibility index (Phi) is 2.34. The molecule has 6 heterocycles. The molecule has 0 atom stereocenters. The summed E-state index contributed by atoms with van der Waals surface area (Å²) in [6, 6.07) is 35.9. The molecular formula is C30H18N2+2. The summed E-state index contributed by atoms with van der Waals surface area (Å²) in [5.41, 5.74) is 16.8. The molecular weight excluding hydrogens is 388 g/mol. The quantitative estimate of drug-likeness (QED) is 0.263. The van der Waals surface area contributed by atoms with E-state index in [1.807, 2.05) is 0 Å². The molecule has 4 bridgehead atoms. The molecule has 0 aliphatic carbocycles. The van der Waals surface area contributed by atoms with E-state index in [0.29, 0.717) is 0 Å². The lowest BCUT2D eigenvalue weighted by Crippen LogP contribution is -2.70. The molecule has 0 saturated carbocycles. The van der Waals surface area contributed by atoms with Crippen LogP contribution >= 0.6 is 0 Å². The van der Waals surface area contributed by atoms with E-state index in [-0.39, 0.29) is 0 Å². The minimum Gasteiger partial charge on any atom is -0.177 e. The van der Waals surface area contributed by atoms with Gasteiger partial charge in [0.05, 0.1) is 22.3 Å². The second-order valence-corrected chi connectivity index (χ2v) is 9.21. The molecule has 0 radical (unpaired) electrons. The zero-order valence-corrected chi connectivity index (χ0v) is 17.3. The van der Waals surface area contributed by atoms with Crippen LogP contribution in [-0.4, -0.2) is 0 Å². The fourth-order valence-corrected chi connectivity index (χ4v) is 7.13. The number of quaternary nitrogens is 2. The summed E-state index contributed by atoms with van der Waals surface area (Å²) in [5.74, 6) is 0. The first-order valence-electron chi connectivity index (χ1n) is 11.3. The third-order valence-corrected chi connectivity index (χ3v) is 8.14. The predicted octanol–water partition coefficient (Wildman–Crippen LogP) is 7.65. The molecule has 10 rings (SSSR count). The number of allylic oxidation sites excluding steroid dienone is 2. The molecule has 0 N–H and O–H groups in total. The average Bonchev–Trinajstić information content (AvgIpc) is 3.34. The Hall–Kier alpha value is -3.98. The third-order valence-electron chi connectivity index (χ3n) is 8.14. The number of benzene rings is 4. The van der Waals surface area contributed by atoms with Gasteiger partial charge in [-0.3, -0.25) is 0 Å². The SMILES string of the molecule is c1ccc2c(c1)-c1ccccc1[N+]21c2ccc3c1c2[N+]31c2ccccc2-c2ccccc21. The van der Waals surface area contributed by atoms with Crippen molar-refractivity contribution in [2.45, 2.75) is 0 Å². The van der Waals surface area contributed by atoms with Gasteiger partial charge in [-0.1, -0.05) is 48.5 Å². The Labute approximate surface area is 186 Å². The van der Waals surface area contributed by atoms with Crippen molar-refractivity contribution in [2.75, 3.05) is 0 Å². The first-order valence-corrected chi connectivity index (χ1v) is 11.3. The normalized spacial score (nSPS) is 20.0. The summed E-state index contributed by atoms with van der Waals surface area (Å²) in [5, 5.41) is 0. The smallest absolute Gasteiger partial charge is 0.177 e. The summed E-state index contributed by atoms with van der Waals surface area (Å²) in [4.78, 5) is 0. The van der Waals surface area contributed by atoms with Gasteiger partial charge in [0.2, 0.25) is 11.4 Å². The minimum atomic E-state index is 0.790. The molecule has 32 heavy (non-hydrogen) atoms. The highest BCUT2D eigenvalue weighted by atomic mass is 15.6. The van der Waals surface area contributed by atoms with Crippen molar-refractivity contribution < 1.29 is 0 Å². The number of hydrogen-bond acceptors (Lipinski definition) is 0. The standard InChI is InChI=1S/C30H18N2/c1-5-13-23-19(9-1)20-10-2-6-14-24(20)31(23)27-17-18-28-29(31)30(27)32(28)25-15-7-3-11-21(25)22-12-4-8-16-26(22)32/h1-18H/q+2. The molecule has 4 aromatic rings. The number of hydrogen-bond donors (Lipinski definition) is 0. The number of fused-ring (bicyclic) bond motifs is 7. The molecule has 6 aliphatic heterocycles. The Morgan fingerprint density at radius 2 is 0.625 bits per heavy atom. The van der Waals surface area contributed by atoms with Gasteiger partial charge in [-0.25, -0.2) is 0 Å². The Morgan fingerprint density at radius 1 is 0.344 bits per heavy atom. The van der Waals surface area contributed by atoms with Crippen LogP contribution in [0.15, 0.2) is 132 Å². The highest BCUT2D eigenvalue weighted by molar-refractivity contribution is 6.10. The van der Waals surface area contributed by atoms with Gasteiger partial charge >= 0.3 is 0 Å². The van der Waals surface area contributed by atoms with Crippen LogP contribution in [-0.2, 0) is 0 Å². The Morgan fingerprint density at radius 3 is 0.906 bits per heavy atom. The van der Waals surface area contributed by atoms with E-state index in [2.05, 4.69) is 109 Å². The van der Waals surface area contributed by atoms with Crippen molar-refractivity contribution >= 4 is 22.7 Å². The predicted molar refractivity (Wildman–Crippen MR) is 130 cm³/mol. The van der Waals surface area contributed by atoms with E-state index >= 15 is 0 Å². The second kappa shape index (κ2) is 4.76. The Balaban J connectivity index is 1.41. The highest BCUT2D eigenvalue weighted by Crippen LogP contribution is 2.78. The van der Waals surface area contributed by atoms with Crippen molar-refractivity contribution in [3.8, 4) is 22.3 Å². The Bertz CT molecular complexity index is 1460. The van der Waals surface area contributed by atoms with E-state index in [4.69, 9.17) is 0 Å². The molecule has 2 spiro atoms. The molecule has 146 valence electrons. The summed E-state index contributed by atoms with van der Waals surface area (Å²) in [6.45, 7) is 0. The molecule has 2 heteroatoms. The molecule has 6 aliphatic rings. The van der Waals surface area contributed by atoms with Crippen molar-refractivity contribution in [2.24, 2.45) is 0 Å². The molecule has 0 amide bonds. The van der Waals surface area contributed by atoms with Gasteiger partial charge in [0, 0.05) is 36.4 Å². The van der Waals surface area contributed by atoms with Crippen LogP contribution < -0.4 is 8.97 Å². The van der Waals surface area contributed by atoms with Gasteiger partial charge in [0.15, 0.2) is 22.7 Å². The van der Waals surface area contributed by atoms with Crippen LogP contribution in [0.25, 0.3) is 22.3 Å². The van der Waals surface area contributed by atoms with Crippen molar-refractivity contribution in [1.82, 2.24) is 8.97 Å². The molecule has 2 nitrogen and oxygen atoms in total. The van der Waals surface area contributed by atoms with Crippen LogP contribution in [0.1, 0.15) is 0 Å². The molecule has 0 fully saturated rings. The van der Waals surface area contributed by atoms with Gasteiger partial charge in [0.1, 0.15) is 0 Å². The van der Waals surface area contributed by atoms with Gasteiger partial charge in [-0.15, -0.1) is 0 Å². The van der Waals surface area contributed by atoms with Gasteiger partial charge in [0.25, 0.3) is 11.4 Å². The van der Waals surface area contributed by atoms with E-state index < -0.39 is 0 Å². The van der Waals surface area contributed by atoms with Crippen LogP contribution in [0.2, 0.25) is 0 Å². The minimum absolute atomic E-state index is 0.790. The topological polar surface area (TPSA) is 0 Å². The van der Waals surface area contributed by atoms with Crippen molar-refractivity contribution in [3.05, 3.63) is 132 Å². The fraction of sp³-hybridized carbons (Fsp3) is 0. The van der Waals surface area contributed by atoms with Crippen LogP contribution in [0.4, 0.5) is 22.7 Å². The maximum atomic E-state index is 2.38. The summed E-state index contributed by atoms with van der Waals surface area (Å²) in [7, 11) is 0. The highest BCUT2D eigenvalue weighted by Gasteiger charge is 2.81. The monoisotopic (exact) mass is 406 g/mol. The first kappa shape index (κ1) is 15.8. The van der Waals surface area contributed by atoms with E-state index in [0.717, 1.165) is 8.97 Å². The van der Waals surface area contributed by atoms with Crippen molar-refractivity contribution in [1.29, 1.82) is 0 Å². The van der Waals surface area contributed by atoms with E-state index in [1.165, 1.54) is 67.8 Å². The maximum absolute atomic E-state index is 2.38. The molecule has 4 aromatic carbocycles. The maximum Gasteiger partial charge on any atom is 0.280 e. The summed E-state index contributed by atoms with van der Waals surface area (Å²) < 4.78 is 1.58. The molecule has 0 aromatic heterocycles. The summed E-state index contributed by atoms with van der Waals surface area (Å²) in [6.07, 6.45) is 4.76. The number of para-hydroxylation sites is 4. The zero-order valence-electron chi connectivity index (χ0n) is 17.3. The number of piperazine rings is 1. The fourth-order valence-electron chi connectivity index (χ4n) is 7.13. The van der Waals surface area contributed by atoms with Gasteiger partial charge in [-0.2, -0.15) is 8.97 Å². The zero-order chi connectivity index (χ0) is 20.7. The largest absolute Gasteiger partial charge is 0.280 e.